The van der Waals surface area contributed by atoms with Gasteiger partial charge in [0.25, 0.3) is 0 Å². The molecule has 0 aliphatic carbocycles. The summed E-state index contributed by atoms with van der Waals surface area (Å²) < 4.78 is 26.0. The van der Waals surface area contributed by atoms with Gasteiger partial charge in [-0.1, -0.05) is 0 Å². The molecule has 1 atom stereocenters. The van der Waals surface area contributed by atoms with Gasteiger partial charge in [-0.05, 0) is 29.3 Å². The topological polar surface area (TPSA) is 69.6 Å². The van der Waals surface area contributed by atoms with E-state index in [0.717, 1.165) is 6.07 Å². The van der Waals surface area contributed by atoms with Gasteiger partial charge in [-0.15, -0.1) is 10.2 Å². The zero-order valence-electron chi connectivity index (χ0n) is 9.85. The largest absolute Gasteiger partial charge is 0.327 e. The normalized spacial score (nSPS) is 12.7. The highest BCUT2D eigenvalue weighted by molar-refractivity contribution is 5.19. The van der Waals surface area contributed by atoms with Crippen LogP contribution in [-0.4, -0.2) is 26.2 Å². The van der Waals surface area contributed by atoms with Crippen molar-refractivity contribution in [2.45, 2.75) is 18.9 Å². The van der Waals surface area contributed by atoms with E-state index in [4.69, 9.17) is 5.73 Å². The number of nitrogens with two attached hydrogens (primary N) is 1. The number of nitrogens with zero attached hydrogens (tertiary/aromatic N) is 4. The van der Waals surface area contributed by atoms with Crippen LogP contribution in [-0.2, 0) is 19.9 Å². The van der Waals surface area contributed by atoms with Crippen LogP contribution in [0.3, 0.4) is 0 Å². The Morgan fingerprint density at radius 1 is 1.22 bits per heavy atom. The second-order valence-corrected chi connectivity index (χ2v) is 4.14. The number of aryl methyl sites for hydroxylation is 1. The van der Waals surface area contributed by atoms with Crippen LogP contribution in [0.4, 0.5) is 8.78 Å². The van der Waals surface area contributed by atoms with Gasteiger partial charge in [0.2, 0.25) is 0 Å². The van der Waals surface area contributed by atoms with Gasteiger partial charge >= 0.3 is 0 Å². The zero-order valence-corrected chi connectivity index (χ0v) is 9.85. The van der Waals surface area contributed by atoms with Gasteiger partial charge in [0.1, 0.15) is 11.6 Å². The van der Waals surface area contributed by atoms with E-state index in [0.29, 0.717) is 24.2 Å². The van der Waals surface area contributed by atoms with E-state index in [2.05, 4.69) is 15.4 Å². The predicted molar refractivity (Wildman–Crippen MR) is 60.5 cm³/mol. The quantitative estimate of drug-likeness (QED) is 0.866. The average Bonchev–Trinajstić information content (AvgIpc) is 2.61. The molecule has 0 fully saturated rings. The highest BCUT2D eigenvalue weighted by Crippen LogP contribution is 2.10. The summed E-state index contributed by atoms with van der Waals surface area (Å²) in [5.74, 6) is -0.688. The molecule has 0 aliphatic rings. The number of benzene rings is 1. The predicted octanol–water partition coefficient (Wildman–Crippen LogP) is 0.601. The summed E-state index contributed by atoms with van der Waals surface area (Å²) in [4.78, 5) is 1.34. The molecule has 2 aromatic rings. The lowest BCUT2D eigenvalue weighted by atomic mass is 10.0. The summed E-state index contributed by atoms with van der Waals surface area (Å²) in [6.45, 7) is 0. The molecule has 5 nitrogen and oxygen atoms in total. The van der Waals surface area contributed by atoms with E-state index >= 15 is 0 Å². The van der Waals surface area contributed by atoms with Crippen molar-refractivity contribution in [1.82, 2.24) is 20.2 Å². The second kappa shape index (κ2) is 5.18. The van der Waals surface area contributed by atoms with Crippen molar-refractivity contribution in [3.05, 3.63) is 41.2 Å². The van der Waals surface area contributed by atoms with Crippen LogP contribution in [0.1, 0.15) is 11.4 Å². The van der Waals surface area contributed by atoms with Crippen LogP contribution < -0.4 is 5.73 Å². The third-order valence-electron chi connectivity index (χ3n) is 2.41. The van der Waals surface area contributed by atoms with Crippen molar-refractivity contribution in [2.24, 2.45) is 12.8 Å². The number of rotatable bonds is 4. The molecule has 1 aromatic carbocycles. The van der Waals surface area contributed by atoms with Crippen LogP contribution in [0, 0.1) is 11.6 Å². The van der Waals surface area contributed by atoms with Crippen molar-refractivity contribution in [2.75, 3.05) is 0 Å². The maximum absolute atomic E-state index is 13.0. The van der Waals surface area contributed by atoms with Gasteiger partial charge in [-0.25, -0.2) is 8.78 Å². The van der Waals surface area contributed by atoms with E-state index in [-0.39, 0.29) is 6.04 Å². The molecule has 0 aliphatic heterocycles. The number of halogens is 2. The van der Waals surface area contributed by atoms with Crippen LogP contribution in [0.5, 0.6) is 0 Å². The van der Waals surface area contributed by atoms with E-state index in [1.54, 1.807) is 7.05 Å². The molecular formula is C11H13F2N5. The lowest BCUT2D eigenvalue weighted by Crippen LogP contribution is -2.26. The average molecular weight is 253 g/mol. The lowest BCUT2D eigenvalue weighted by Gasteiger charge is -2.09. The molecule has 7 heteroatoms. The number of aromatic nitrogens is 4. The number of hydrogen-bond donors (Lipinski definition) is 1. The van der Waals surface area contributed by atoms with E-state index in [9.17, 15) is 8.78 Å². The third-order valence-corrected chi connectivity index (χ3v) is 2.41. The molecule has 0 bridgehead atoms. The molecular weight excluding hydrogens is 240 g/mol. The van der Waals surface area contributed by atoms with Crippen LogP contribution in [0.25, 0.3) is 0 Å². The maximum atomic E-state index is 13.0. The molecule has 0 saturated heterocycles. The monoisotopic (exact) mass is 253 g/mol. The van der Waals surface area contributed by atoms with Gasteiger partial charge in [-0.3, -0.25) is 0 Å². The SMILES string of the molecule is Cn1nnc(CC(N)Cc2cc(F)cc(F)c2)n1. The Morgan fingerprint density at radius 3 is 2.44 bits per heavy atom. The summed E-state index contributed by atoms with van der Waals surface area (Å²) in [5, 5.41) is 11.5. The van der Waals surface area contributed by atoms with Crippen molar-refractivity contribution >= 4 is 0 Å². The molecule has 0 spiro atoms. The number of tetrazole rings is 1. The number of hydrogen-bond acceptors (Lipinski definition) is 4. The van der Waals surface area contributed by atoms with Gasteiger partial charge in [-0.2, -0.15) is 4.80 Å². The molecule has 18 heavy (non-hydrogen) atoms. The van der Waals surface area contributed by atoms with Crippen LogP contribution in [0.2, 0.25) is 0 Å². The Hall–Kier alpha value is -1.89. The third kappa shape index (κ3) is 3.30. The van der Waals surface area contributed by atoms with E-state index in [1.165, 1.54) is 16.9 Å². The Labute approximate surface area is 103 Å². The van der Waals surface area contributed by atoms with Crippen molar-refractivity contribution in [3.8, 4) is 0 Å². The molecule has 0 amide bonds. The second-order valence-electron chi connectivity index (χ2n) is 4.14. The molecule has 1 heterocycles. The Bertz CT molecular complexity index is 520. The maximum Gasteiger partial charge on any atom is 0.176 e. The molecule has 1 aromatic heterocycles. The summed E-state index contributed by atoms with van der Waals surface area (Å²) in [6, 6.07) is 3.06. The Kier molecular flexibility index (Phi) is 3.61. The molecule has 0 saturated carbocycles. The molecule has 96 valence electrons. The summed E-state index contributed by atoms with van der Waals surface area (Å²) >= 11 is 0. The minimum atomic E-state index is -0.602. The summed E-state index contributed by atoms with van der Waals surface area (Å²) in [5.41, 5.74) is 6.40. The van der Waals surface area contributed by atoms with Crippen molar-refractivity contribution < 1.29 is 8.78 Å². The first-order valence-electron chi connectivity index (χ1n) is 5.46. The van der Waals surface area contributed by atoms with Crippen LogP contribution in [0.15, 0.2) is 18.2 Å². The van der Waals surface area contributed by atoms with Crippen molar-refractivity contribution in [3.63, 3.8) is 0 Å². The first kappa shape index (κ1) is 12.6. The van der Waals surface area contributed by atoms with Crippen LogP contribution >= 0.6 is 0 Å². The minimum absolute atomic E-state index is 0.310. The Morgan fingerprint density at radius 2 is 1.89 bits per heavy atom. The summed E-state index contributed by atoms with van der Waals surface area (Å²) in [6.07, 6.45) is 0.763. The van der Waals surface area contributed by atoms with E-state index in [1.807, 2.05) is 0 Å². The lowest BCUT2D eigenvalue weighted by molar-refractivity contribution is 0.572. The fourth-order valence-electron chi connectivity index (χ4n) is 1.74. The van der Waals surface area contributed by atoms with Gasteiger partial charge < -0.3 is 5.73 Å². The minimum Gasteiger partial charge on any atom is -0.327 e. The summed E-state index contributed by atoms with van der Waals surface area (Å²) in [7, 11) is 1.66. The fraction of sp³-hybridized carbons (Fsp3) is 0.364. The molecule has 0 radical (unpaired) electrons. The molecule has 2 N–H and O–H groups in total. The fourth-order valence-corrected chi connectivity index (χ4v) is 1.74. The van der Waals surface area contributed by atoms with E-state index < -0.39 is 11.6 Å². The Balaban J connectivity index is 2.00. The first-order chi connectivity index (χ1) is 8.52. The standard InChI is InChI=1S/C11H13F2N5/c1-18-16-11(15-17-18)6-10(14)4-7-2-8(12)5-9(13)3-7/h2-3,5,10H,4,6,14H2,1H3. The van der Waals surface area contributed by atoms with Crippen molar-refractivity contribution in [1.29, 1.82) is 0 Å². The zero-order chi connectivity index (χ0) is 13.1. The molecule has 2 rings (SSSR count). The highest BCUT2D eigenvalue weighted by Gasteiger charge is 2.11. The smallest absolute Gasteiger partial charge is 0.176 e. The highest BCUT2D eigenvalue weighted by atomic mass is 19.1. The van der Waals surface area contributed by atoms with Gasteiger partial charge in [0.05, 0.1) is 7.05 Å². The molecule has 1 unspecified atom stereocenters. The van der Waals surface area contributed by atoms with Gasteiger partial charge in [0, 0.05) is 18.5 Å². The first-order valence-corrected chi connectivity index (χ1v) is 5.46. The van der Waals surface area contributed by atoms with Gasteiger partial charge in [0.15, 0.2) is 5.82 Å².